The van der Waals surface area contributed by atoms with Crippen molar-refractivity contribution in [2.45, 2.75) is 78.2 Å². The van der Waals surface area contributed by atoms with Crippen molar-refractivity contribution in [3.05, 3.63) is 35.9 Å². The Morgan fingerprint density at radius 3 is 2.18 bits per heavy atom. The van der Waals surface area contributed by atoms with Crippen LogP contribution in [-0.4, -0.2) is 89.1 Å². The molecule has 3 rings (SSSR count). The van der Waals surface area contributed by atoms with Gasteiger partial charge in [0, 0.05) is 32.7 Å². The molecule has 2 saturated heterocycles. The van der Waals surface area contributed by atoms with E-state index in [1.807, 2.05) is 65.0 Å². The zero-order valence-electron chi connectivity index (χ0n) is 23.3. The minimum Gasteiger partial charge on any atom is -0.445 e. The Morgan fingerprint density at radius 1 is 0.947 bits per heavy atom. The van der Waals surface area contributed by atoms with E-state index in [4.69, 9.17) is 9.47 Å². The van der Waals surface area contributed by atoms with E-state index in [0.29, 0.717) is 52.0 Å². The number of piperazine rings is 1. The molecular formula is C28H42N4O6. The summed E-state index contributed by atoms with van der Waals surface area (Å²) in [6.45, 7) is 11.5. The van der Waals surface area contributed by atoms with Gasteiger partial charge in [0.25, 0.3) is 0 Å². The first-order chi connectivity index (χ1) is 17.9. The number of hydrogen-bond acceptors (Lipinski definition) is 6. The van der Waals surface area contributed by atoms with Gasteiger partial charge in [-0.15, -0.1) is 0 Å². The number of nitrogens with zero attached hydrogens (tertiary/aromatic N) is 3. The lowest BCUT2D eigenvalue weighted by Crippen LogP contribution is -2.58. The number of carbonyl (C=O) groups is 4. The van der Waals surface area contributed by atoms with Crippen LogP contribution in [0.4, 0.5) is 9.59 Å². The fraction of sp³-hybridized carbons (Fsp3) is 0.643. The van der Waals surface area contributed by atoms with Crippen molar-refractivity contribution in [3.8, 4) is 0 Å². The Bertz CT molecular complexity index is 969. The third-order valence-electron chi connectivity index (χ3n) is 6.56. The molecule has 4 amide bonds. The summed E-state index contributed by atoms with van der Waals surface area (Å²) in [5.41, 5.74) is 0.286. The van der Waals surface area contributed by atoms with Gasteiger partial charge < -0.3 is 24.6 Å². The fourth-order valence-electron chi connectivity index (χ4n) is 4.68. The van der Waals surface area contributed by atoms with E-state index < -0.39 is 29.9 Å². The summed E-state index contributed by atoms with van der Waals surface area (Å²) in [5.74, 6) is -0.347. The van der Waals surface area contributed by atoms with Crippen LogP contribution in [0.25, 0.3) is 0 Å². The Kier molecular flexibility index (Phi) is 9.99. The molecule has 2 fully saturated rings. The molecule has 2 aliphatic rings. The minimum absolute atomic E-state index is 0.133. The van der Waals surface area contributed by atoms with E-state index >= 15 is 0 Å². The minimum atomic E-state index is -0.710. The molecule has 10 heteroatoms. The van der Waals surface area contributed by atoms with Crippen LogP contribution in [0.1, 0.15) is 59.4 Å². The Hall–Kier alpha value is -3.30. The van der Waals surface area contributed by atoms with Crippen LogP contribution in [0.2, 0.25) is 0 Å². The number of ether oxygens (including phenoxy) is 2. The van der Waals surface area contributed by atoms with Gasteiger partial charge in [0.05, 0.1) is 0 Å². The lowest BCUT2D eigenvalue weighted by molar-refractivity contribution is -0.139. The predicted octanol–water partition coefficient (Wildman–Crippen LogP) is 3.40. The van der Waals surface area contributed by atoms with Crippen molar-refractivity contribution in [2.24, 2.45) is 5.92 Å². The molecule has 2 aliphatic heterocycles. The summed E-state index contributed by atoms with van der Waals surface area (Å²) < 4.78 is 10.9. The van der Waals surface area contributed by atoms with Crippen LogP contribution in [0, 0.1) is 5.92 Å². The Labute approximate surface area is 225 Å². The van der Waals surface area contributed by atoms with Crippen LogP contribution in [0.15, 0.2) is 30.3 Å². The van der Waals surface area contributed by atoms with Gasteiger partial charge in [-0.25, -0.2) is 9.59 Å². The predicted molar refractivity (Wildman–Crippen MR) is 142 cm³/mol. The molecule has 0 aliphatic carbocycles. The number of carbonyl (C=O) groups excluding carboxylic acids is 4. The molecule has 38 heavy (non-hydrogen) atoms. The van der Waals surface area contributed by atoms with Gasteiger partial charge >= 0.3 is 12.2 Å². The molecule has 0 unspecified atom stereocenters. The summed E-state index contributed by atoms with van der Waals surface area (Å²) >= 11 is 0. The first-order valence-corrected chi connectivity index (χ1v) is 13.5. The fourth-order valence-corrected chi connectivity index (χ4v) is 4.68. The second-order valence-corrected chi connectivity index (χ2v) is 11.4. The third-order valence-corrected chi connectivity index (χ3v) is 6.56. The number of likely N-dealkylation sites (tertiary alicyclic amines) is 1. The van der Waals surface area contributed by atoms with Crippen molar-refractivity contribution in [1.29, 1.82) is 0 Å². The highest BCUT2D eigenvalue weighted by atomic mass is 16.6. The van der Waals surface area contributed by atoms with Gasteiger partial charge in [-0.2, -0.15) is 0 Å². The largest absolute Gasteiger partial charge is 0.445 e. The molecule has 210 valence electrons. The van der Waals surface area contributed by atoms with Crippen LogP contribution >= 0.6 is 0 Å². The SMILES string of the molecule is CC(C)C[C@H](NC(=O)[C@@H]1CCCN1C(=O)OCc1ccccc1)C(=O)N1CCN(C(=O)OC(C)(C)C)CC1. The van der Waals surface area contributed by atoms with Crippen molar-refractivity contribution < 1.29 is 28.7 Å². The second kappa shape index (κ2) is 13.0. The molecule has 10 nitrogen and oxygen atoms in total. The van der Waals surface area contributed by atoms with Crippen LogP contribution in [0.3, 0.4) is 0 Å². The Balaban J connectivity index is 1.57. The Morgan fingerprint density at radius 2 is 1.58 bits per heavy atom. The lowest BCUT2D eigenvalue weighted by Gasteiger charge is -2.37. The van der Waals surface area contributed by atoms with Gasteiger partial charge in [-0.05, 0) is 51.5 Å². The van der Waals surface area contributed by atoms with E-state index in [0.717, 1.165) is 5.56 Å². The smallest absolute Gasteiger partial charge is 0.410 e. The first kappa shape index (κ1) is 29.3. The number of benzene rings is 1. The standard InChI is InChI=1S/C28H42N4O6/c1-20(2)18-22(25(34)30-14-16-31(17-15-30)26(35)38-28(3,4)5)29-24(33)23-12-9-13-32(23)27(36)37-19-21-10-7-6-8-11-21/h6-8,10-11,20,22-23H,9,12-19H2,1-5H3,(H,29,33)/t22-,23-/m0/s1. The topological polar surface area (TPSA) is 108 Å². The highest BCUT2D eigenvalue weighted by molar-refractivity contribution is 5.91. The van der Waals surface area contributed by atoms with Crippen molar-refractivity contribution >= 4 is 24.0 Å². The summed E-state index contributed by atoms with van der Waals surface area (Å²) in [6.07, 6.45) is 0.757. The molecule has 1 aromatic carbocycles. The molecule has 0 aromatic heterocycles. The highest BCUT2D eigenvalue weighted by Crippen LogP contribution is 2.21. The van der Waals surface area contributed by atoms with E-state index in [1.54, 1.807) is 9.80 Å². The lowest BCUT2D eigenvalue weighted by atomic mass is 10.0. The van der Waals surface area contributed by atoms with E-state index in [1.165, 1.54) is 4.90 Å². The maximum atomic E-state index is 13.4. The molecule has 0 bridgehead atoms. The molecule has 0 spiro atoms. The molecule has 0 saturated carbocycles. The molecule has 1 aromatic rings. The molecular weight excluding hydrogens is 488 g/mol. The number of nitrogens with one attached hydrogen (secondary N) is 1. The number of hydrogen-bond donors (Lipinski definition) is 1. The van der Waals surface area contributed by atoms with Crippen molar-refractivity contribution in [2.75, 3.05) is 32.7 Å². The second-order valence-electron chi connectivity index (χ2n) is 11.4. The van der Waals surface area contributed by atoms with E-state index in [9.17, 15) is 19.2 Å². The van der Waals surface area contributed by atoms with E-state index in [-0.39, 0.29) is 24.3 Å². The number of amides is 4. The van der Waals surface area contributed by atoms with Crippen molar-refractivity contribution in [1.82, 2.24) is 20.0 Å². The molecule has 0 radical (unpaired) electrons. The normalized spacial score (nSPS) is 18.8. The summed E-state index contributed by atoms with van der Waals surface area (Å²) in [4.78, 5) is 56.6. The van der Waals surface area contributed by atoms with Crippen molar-refractivity contribution in [3.63, 3.8) is 0 Å². The maximum absolute atomic E-state index is 13.4. The number of rotatable bonds is 7. The third kappa shape index (κ3) is 8.36. The van der Waals surface area contributed by atoms with Crippen LogP contribution in [-0.2, 0) is 25.7 Å². The highest BCUT2D eigenvalue weighted by Gasteiger charge is 2.38. The zero-order chi connectivity index (χ0) is 27.9. The van der Waals surface area contributed by atoms with E-state index in [2.05, 4.69) is 5.32 Å². The monoisotopic (exact) mass is 530 g/mol. The quantitative estimate of drug-likeness (QED) is 0.579. The molecule has 1 N–H and O–H groups in total. The zero-order valence-corrected chi connectivity index (χ0v) is 23.3. The van der Waals surface area contributed by atoms with Crippen LogP contribution in [0.5, 0.6) is 0 Å². The van der Waals surface area contributed by atoms with Gasteiger partial charge in [0.1, 0.15) is 24.3 Å². The maximum Gasteiger partial charge on any atom is 0.410 e. The molecule has 2 heterocycles. The van der Waals surface area contributed by atoms with Gasteiger partial charge in [-0.3, -0.25) is 14.5 Å². The van der Waals surface area contributed by atoms with Gasteiger partial charge in [-0.1, -0.05) is 44.2 Å². The van der Waals surface area contributed by atoms with Crippen LogP contribution < -0.4 is 5.32 Å². The average molecular weight is 531 g/mol. The summed E-state index contributed by atoms with van der Waals surface area (Å²) in [5, 5.41) is 2.93. The van der Waals surface area contributed by atoms with Gasteiger partial charge in [0.2, 0.25) is 11.8 Å². The van der Waals surface area contributed by atoms with Gasteiger partial charge in [0.15, 0.2) is 0 Å². The molecule has 2 atom stereocenters. The average Bonchev–Trinajstić information content (AvgIpc) is 3.36. The summed E-state index contributed by atoms with van der Waals surface area (Å²) in [6, 6.07) is 8.00. The summed E-state index contributed by atoms with van der Waals surface area (Å²) in [7, 11) is 0. The first-order valence-electron chi connectivity index (χ1n) is 13.5.